The van der Waals surface area contributed by atoms with Crippen LogP contribution in [0.25, 0.3) is 0 Å². The molecular weight excluding hydrogens is 236 g/mol. The topological polar surface area (TPSA) is 23.6 Å². The van der Waals surface area contributed by atoms with Gasteiger partial charge < -0.3 is 4.90 Å². The summed E-state index contributed by atoms with van der Waals surface area (Å²) in [6, 6.07) is 10.2. The Bertz CT molecular complexity index is 455. The molecule has 19 heavy (non-hydrogen) atoms. The first kappa shape index (κ1) is 13.8. The number of amides is 1. The van der Waals surface area contributed by atoms with Gasteiger partial charge in [0.1, 0.15) is 6.17 Å². The van der Waals surface area contributed by atoms with Crippen LogP contribution in [-0.4, -0.2) is 35.0 Å². The lowest BCUT2D eigenvalue weighted by atomic mass is 10.0. The van der Waals surface area contributed by atoms with E-state index in [-0.39, 0.29) is 18.1 Å². The van der Waals surface area contributed by atoms with Crippen LogP contribution in [0.2, 0.25) is 0 Å². The first-order valence-electron chi connectivity index (χ1n) is 6.75. The van der Waals surface area contributed by atoms with Crippen LogP contribution in [0.5, 0.6) is 0 Å². The van der Waals surface area contributed by atoms with E-state index in [4.69, 9.17) is 0 Å². The van der Waals surface area contributed by atoms with Gasteiger partial charge in [-0.2, -0.15) is 0 Å². The van der Waals surface area contributed by atoms with E-state index in [9.17, 15) is 4.79 Å². The summed E-state index contributed by atoms with van der Waals surface area (Å²) in [6.45, 7) is 8.85. The maximum atomic E-state index is 12.4. The van der Waals surface area contributed by atoms with E-state index in [1.165, 1.54) is 5.56 Å². The molecule has 3 nitrogen and oxygen atoms in total. The largest absolute Gasteiger partial charge is 0.325 e. The maximum Gasteiger partial charge on any atom is 0.241 e. The fourth-order valence-corrected chi connectivity index (χ4v) is 2.82. The minimum absolute atomic E-state index is 0.0138. The molecule has 0 aromatic heterocycles. The lowest BCUT2D eigenvalue weighted by molar-refractivity contribution is -0.129. The van der Waals surface area contributed by atoms with Gasteiger partial charge in [0.15, 0.2) is 0 Å². The summed E-state index contributed by atoms with van der Waals surface area (Å²) in [5, 5.41) is 0. The molecule has 1 fully saturated rings. The second-order valence-corrected chi connectivity index (χ2v) is 5.45. The molecule has 0 saturated carbocycles. The number of benzene rings is 1. The van der Waals surface area contributed by atoms with Gasteiger partial charge in [0, 0.05) is 13.6 Å². The van der Waals surface area contributed by atoms with E-state index in [2.05, 4.69) is 37.5 Å². The Morgan fingerprint density at radius 1 is 1.32 bits per heavy atom. The van der Waals surface area contributed by atoms with Crippen LogP contribution >= 0.6 is 0 Å². The van der Waals surface area contributed by atoms with Crippen LogP contribution in [0.3, 0.4) is 0 Å². The molecule has 0 radical (unpaired) electrons. The molecule has 0 bridgehead atoms. The summed E-state index contributed by atoms with van der Waals surface area (Å²) < 4.78 is 0. The Labute approximate surface area is 115 Å². The van der Waals surface area contributed by atoms with Crippen LogP contribution in [0.15, 0.2) is 43.0 Å². The van der Waals surface area contributed by atoms with Crippen molar-refractivity contribution < 1.29 is 4.79 Å². The zero-order chi connectivity index (χ0) is 14.0. The predicted octanol–water partition coefficient (Wildman–Crippen LogP) is 2.50. The molecule has 1 heterocycles. The summed E-state index contributed by atoms with van der Waals surface area (Å²) in [7, 11) is 1.86. The van der Waals surface area contributed by atoms with Crippen LogP contribution in [-0.2, 0) is 11.3 Å². The highest BCUT2D eigenvalue weighted by atomic mass is 16.2. The highest BCUT2D eigenvalue weighted by Gasteiger charge is 2.43. The average Bonchev–Trinajstić information content (AvgIpc) is 2.62. The zero-order valence-electron chi connectivity index (χ0n) is 11.9. The van der Waals surface area contributed by atoms with Gasteiger partial charge in [-0.15, -0.1) is 0 Å². The molecule has 2 rings (SSSR count). The van der Waals surface area contributed by atoms with Crippen molar-refractivity contribution in [2.75, 3.05) is 7.05 Å². The number of carbonyl (C=O) groups excluding carboxylic acids is 1. The molecule has 0 spiro atoms. The molecule has 2 atom stereocenters. The minimum Gasteiger partial charge on any atom is -0.325 e. The minimum atomic E-state index is -0.0618. The molecule has 1 aromatic rings. The Morgan fingerprint density at radius 2 is 1.95 bits per heavy atom. The van der Waals surface area contributed by atoms with Crippen molar-refractivity contribution in [2.24, 2.45) is 5.92 Å². The van der Waals surface area contributed by atoms with Crippen molar-refractivity contribution >= 4 is 5.91 Å². The van der Waals surface area contributed by atoms with Gasteiger partial charge in [-0.05, 0) is 11.5 Å². The molecule has 1 amide bonds. The van der Waals surface area contributed by atoms with Gasteiger partial charge in [-0.1, -0.05) is 56.8 Å². The number of rotatable bonds is 4. The Hall–Kier alpha value is -1.61. The van der Waals surface area contributed by atoms with Gasteiger partial charge >= 0.3 is 0 Å². The number of nitrogens with zero attached hydrogens (tertiary/aromatic N) is 2. The fourth-order valence-electron chi connectivity index (χ4n) is 2.82. The molecule has 102 valence electrons. The van der Waals surface area contributed by atoms with Gasteiger partial charge in [-0.3, -0.25) is 9.69 Å². The van der Waals surface area contributed by atoms with Gasteiger partial charge in [0.2, 0.25) is 5.91 Å². The van der Waals surface area contributed by atoms with E-state index in [0.29, 0.717) is 5.92 Å². The third-order valence-corrected chi connectivity index (χ3v) is 3.74. The van der Waals surface area contributed by atoms with E-state index in [1.54, 1.807) is 4.90 Å². The van der Waals surface area contributed by atoms with Crippen molar-refractivity contribution in [1.29, 1.82) is 0 Å². The third kappa shape index (κ3) is 2.56. The highest BCUT2D eigenvalue weighted by Crippen LogP contribution is 2.28. The second kappa shape index (κ2) is 5.57. The maximum absolute atomic E-state index is 12.4. The van der Waals surface area contributed by atoms with Crippen molar-refractivity contribution in [3.8, 4) is 0 Å². The second-order valence-electron chi connectivity index (χ2n) is 5.45. The van der Waals surface area contributed by atoms with Crippen LogP contribution in [0, 0.1) is 5.92 Å². The van der Waals surface area contributed by atoms with Crippen LogP contribution in [0.4, 0.5) is 0 Å². The van der Waals surface area contributed by atoms with Gasteiger partial charge in [-0.25, -0.2) is 0 Å². The molecular formula is C16H22N2O. The number of carbonyl (C=O) groups is 1. The molecule has 1 aliphatic heterocycles. The monoisotopic (exact) mass is 258 g/mol. The molecule has 1 aromatic carbocycles. The van der Waals surface area contributed by atoms with Crippen molar-refractivity contribution in [3.63, 3.8) is 0 Å². The van der Waals surface area contributed by atoms with E-state index in [1.807, 2.05) is 31.3 Å². The molecule has 0 unspecified atom stereocenters. The van der Waals surface area contributed by atoms with E-state index >= 15 is 0 Å². The molecule has 0 aliphatic carbocycles. The number of hydrogen-bond donors (Lipinski definition) is 0. The lowest BCUT2D eigenvalue weighted by Crippen LogP contribution is -2.40. The van der Waals surface area contributed by atoms with Crippen molar-refractivity contribution in [2.45, 2.75) is 32.6 Å². The highest BCUT2D eigenvalue weighted by molar-refractivity contribution is 5.84. The lowest BCUT2D eigenvalue weighted by Gasteiger charge is -2.29. The van der Waals surface area contributed by atoms with Gasteiger partial charge in [0.05, 0.1) is 6.04 Å². The summed E-state index contributed by atoms with van der Waals surface area (Å²) >= 11 is 0. The van der Waals surface area contributed by atoms with E-state index < -0.39 is 0 Å². The molecule has 3 heteroatoms. The Balaban J connectivity index is 2.28. The SMILES string of the molecule is C=C[C@H]1N(C)C(=O)[C@H](C(C)C)N1Cc1ccccc1. The summed E-state index contributed by atoms with van der Waals surface area (Å²) in [5.41, 5.74) is 1.23. The molecule has 1 saturated heterocycles. The van der Waals surface area contributed by atoms with E-state index in [0.717, 1.165) is 6.54 Å². The summed E-state index contributed by atoms with van der Waals surface area (Å²) in [5.74, 6) is 0.486. The van der Waals surface area contributed by atoms with Crippen LogP contribution < -0.4 is 0 Å². The fraction of sp³-hybridized carbons (Fsp3) is 0.438. The Kier molecular flexibility index (Phi) is 4.05. The van der Waals surface area contributed by atoms with Gasteiger partial charge in [0.25, 0.3) is 0 Å². The van der Waals surface area contributed by atoms with Crippen molar-refractivity contribution in [3.05, 3.63) is 48.6 Å². The molecule has 0 N–H and O–H groups in total. The van der Waals surface area contributed by atoms with Crippen LogP contribution in [0.1, 0.15) is 19.4 Å². The molecule has 1 aliphatic rings. The summed E-state index contributed by atoms with van der Waals surface area (Å²) in [6.07, 6.45) is 1.84. The summed E-state index contributed by atoms with van der Waals surface area (Å²) in [4.78, 5) is 16.4. The number of likely N-dealkylation sites (N-methyl/N-ethyl adjacent to an activating group) is 1. The van der Waals surface area contributed by atoms with Crippen molar-refractivity contribution in [1.82, 2.24) is 9.80 Å². The zero-order valence-corrected chi connectivity index (χ0v) is 11.9. The predicted molar refractivity (Wildman–Crippen MR) is 77.4 cm³/mol. The third-order valence-electron chi connectivity index (χ3n) is 3.74. The first-order valence-corrected chi connectivity index (χ1v) is 6.75. The average molecular weight is 258 g/mol. The Morgan fingerprint density at radius 3 is 2.47 bits per heavy atom. The number of hydrogen-bond acceptors (Lipinski definition) is 2. The normalized spacial score (nSPS) is 24.2. The standard InChI is InChI=1S/C16H22N2O/c1-5-14-17(4)16(19)15(12(2)3)18(14)11-13-9-7-6-8-10-13/h5-10,12,14-15H,1,11H2,2-4H3/t14-,15-/m0/s1. The smallest absolute Gasteiger partial charge is 0.241 e. The first-order chi connectivity index (χ1) is 9.06. The quantitative estimate of drug-likeness (QED) is 0.775.